The highest BCUT2D eigenvalue weighted by molar-refractivity contribution is 5.88. The van der Waals surface area contributed by atoms with Gasteiger partial charge in [0.05, 0.1) is 0 Å². The van der Waals surface area contributed by atoms with Crippen molar-refractivity contribution < 1.29 is 10.1 Å². The predicted molar refractivity (Wildman–Crippen MR) is 61.2 cm³/mol. The van der Waals surface area contributed by atoms with Gasteiger partial charge in [-0.3, -0.25) is 0 Å². The van der Waals surface area contributed by atoms with Crippen LogP contribution in [0.25, 0.3) is 10.8 Å². The molecule has 0 radical (unpaired) electrons. The van der Waals surface area contributed by atoms with Crippen molar-refractivity contribution in [2.45, 2.75) is 19.8 Å². The molecule has 15 heavy (non-hydrogen) atoms. The van der Waals surface area contributed by atoms with Crippen LogP contribution < -0.4 is 4.89 Å². The molecule has 0 amide bonds. The van der Waals surface area contributed by atoms with E-state index in [4.69, 9.17) is 5.26 Å². The van der Waals surface area contributed by atoms with Gasteiger partial charge in [-0.25, -0.2) is 5.26 Å². The Morgan fingerprint density at radius 3 is 2.80 bits per heavy atom. The fourth-order valence-electron chi connectivity index (χ4n) is 1.83. The van der Waals surface area contributed by atoms with Crippen LogP contribution in [0.4, 0.5) is 0 Å². The van der Waals surface area contributed by atoms with E-state index in [0.29, 0.717) is 5.75 Å². The first-order chi connectivity index (χ1) is 7.35. The van der Waals surface area contributed by atoms with Crippen LogP contribution in [0.3, 0.4) is 0 Å². The van der Waals surface area contributed by atoms with Gasteiger partial charge >= 0.3 is 0 Å². The Morgan fingerprint density at radius 1 is 1.20 bits per heavy atom. The molecular weight excluding hydrogens is 188 g/mol. The van der Waals surface area contributed by atoms with Crippen molar-refractivity contribution in [3.8, 4) is 5.75 Å². The molecule has 0 atom stereocenters. The third-order valence-electron chi connectivity index (χ3n) is 2.54. The topological polar surface area (TPSA) is 29.5 Å². The normalized spacial score (nSPS) is 10.5. The minimum Gasteiger partial charge on any atom is -0.340 e. The molecule has 0 aliphatic rings. The Labute approximate surface area is 89.0 Å². The van der Waals surface area contributed by atoms with Crippen LogP contribution in [-0.2, 0) is 6.42 Å². The summed E-state index contributed by atoms with van der Waals surface area (Å²) < 4.78 is 0. The Balaban J connectivity index is 2.53. The van der Waals surface area contributed by atoms with Gasteiger partial charge in [0, 0.05) is 5.39 Å². The SMILES string of the molecule is CCCc1ccc2c(OO)cccc2c1. The zero-order valence-electron chi connectivity index (χ0n) is 8.73. The van der Waals surface area contributed by atoms with Crippen LogP contribution in [-0.4, -0.2) is 5.26 Å². The number of fused-ring (bicyclic) bond motifs is 1. The molecule has 0 bridgehead atoms. The highest BCUT2D eigenvalue weighted by Gasteiger charge is 2.02. The summed E-state index contributed by atoms with van der Waals surface area (Å²) in [6, 6.07) is 11.9. The molecule has 2 nitrogen and oxygen atoms in total. The molecule has 0 aliphatic heterocycles. The Hall–Kier alpha value is -1.54. The summed E-state index contributed by atoms with van der Waals surface area (Å²) in [6.45, 7) is 2.16. The first-order valence-electron chi connectivity index (χ1n) is 5.18. The summed E-state index contributed by atoms with van der Waals surface area (Å²) in [7, 11) is 0. The first-order valence-corrected chi connectivity index (χ1v) is 5.18. The van der Waals surface area contributed by atoms with Crippen molar-refractivity contribution in [2.24, 2.45) is 0 Å². The van der Waals surface area contributed by atoms with Crippen LogP contribution in [0.1, 0.15) is 18.9 Å². The summed E-state index contributed by atoms with van der Waals surface area (Å²) in [4.78, 5) is 4.33. The number of rotatable bonds is 3. The third kappa shape index (κ3) is 1.95. The molecule has 2 aromatic rings. The van der Waals surface area contributed by atoms with E-state index in [9.17, 15) is 0 Å². The lowest BCUT2D eigenvalue weighted by molar-refractivity contribution is -0.136. The molecule has 2 heteroatoms. The van der Waals surface area contributed by atoms with Gasteiger partial charge in [-0.1, -0.05) is 43.7 Å². The van der Waals surface area contributed by atoms with Crippen molar-refractivity contribution in [3.05, 3.63) is 42.0 Å². The van der Waals surface area contributed by atoms with Gasteiger partial charge in [0.2, 0.25) is 0 Å². The maximum Gasteiger partial charge on any atom is 0.172 e. The highest BCUT2D eigenvalue weighted by Crippen LogP contribution is 2.26. The van der Waals surface area contributed by atoms with Crippen LogP contribution in [0.5, 0.6) is 5.75 Å². The lowest BCUT2D eigenvalue weighted by Gasteiger charge is -2.05. The maximum atomic E-state index is 8.71. The number of aryl methyl sites for hydroxylation is 1. The van der Waals surface area contributed by atoms with Crippen molar-refractivity contribution >= 4 is 10.8 Å². The summed E-state index contributed by atoms with van der Waals surface area (Å²) in [6.07, 6.45) is 2.22. The van der Waals surface area contributed by atoms with Gasteiger partial charge in [-0.05, 0) is 23.4 Å². The van der Waals surface area contributed by atoms with Gasteiger partial charge in [-0.15, -0.1) is 0 Å². The lowest BCUT2D eigenvalue weighted by atomic mass is 10.0. The van der Waals surface area contributed by atoms with E-state index in [1.54, 1.807) is 6.07 Å². The van der Waals surface area contributed by atoms with E-state index in [-0.39, 0.29) is 0 Å². The van der Waals surface area contributed by atoms with Crippen LogP contribution >= 0.6 is 0 Å². The second kappa shape index (κ2) is 4.32. The van der Waals surface area contributed by atoms with Gasteiger partial charge in [-0.2, -0.15) is 0 Å². The molecule has 78 valence electrons. The monoisotopic (exact) mass is 202 g/mol. The molecule has 0 fully saturated rings. The minimum absolute atomic E-state index is 0.510. The number of hydrogen-bond acceptors (Lipinski definition) is 2. The predicted octanol–water partition coefficient (Wildman–Crippen LogP) is 3.64. The summed E-state index contributed by atoms with van der Waals surface area (Å²) in [5, 5.41) is 10.8. The largest absolute Gasteiger partial charge is 0.340 e. The molecule has 0 aromatic heterocycles. The summed E-state index contributed by atoms with van der Waals surface area (Å²) in [5.41, 5.74) is 1.32. The molecule has 0 heterocycles. The van der Waals surface area contributed by atoms with Crippen molar-refractivity contribution in [1.82, 2.24) is 0 Å². The minimum atomic E-state index is 0.510. The number of hydrogen-bond donors (Lipinski definition) is 1. The van der Waals surface area contributed by atoms with Crippen LogP contribution in [0.2, 0.25) is 0 Å². The Kier molecular flexibility index (Phi) is 2.88. The lowest BCUT2D eigenvalue weighted by Crippen LogP contribution is -1.87. The average molecular weight is 202 g/mol. The molecule has 2 rings (SSSR count). The Morgan fingerprint density at radius 2 is 2.07 bits per heavy atom. The smallest absolute Gasteiger partial charge is 0.172 e. The van der Waals surface area contributed by atoms with Crippen molar-refractivity contribution in [3.63, 3.8) is 0 Å². The maximum absolute atomic E-state index is 8.71. The first kappa shape index (κ1) is 9.99. The summed E-state index contributed by atoms with van der Waals surface area (Å²) in [5.74, 6) is 0.510. The van der Waals surface area contributed by atoms with Crippen molar-refractivity contribution in [2.75, 3.05) is 0 Å². The second-order valence-corrected chi connectivity index (χ2v) is 3.65. The van der Waals surface area contributed by atoms with E-state index >= 15 is 0 Å². The third-order valence-corrected chi connectivity index (χ3v) is 2.54. The van der Waals surface area contributed by atoms with Crippen LogP contribution in [0, 0.1) is 0 Å². The van der Waals surface area contributed by atoms with Gasteiger partial charge in [0.25, 0.3) is 0 Å². The standard InChI is InChI=1S/C13H14O2/c1-2-4-10-7-8-12-11(9-10)5-3-6-13(12)15-14/h3,5-9,14H,2,4H2,1H3. The van der Waals surface area contributed by atoms with E-state index in [0.717, 1.165) is 23.6 Å². The number of benzene rings is 2. The summed E-state index contributed by atoms with van der Waals surface area (Å²) >= 11 is 0. The molecule has 1 N–H and O–H groups in total. The van der Waals surface area contributed by atoms with Crippen molar-refractivity contribution in [1.29, 1.82) is 0 Å². The zero-order chi connectivity index (χ0) is 10.7. The molecule has 2 aromatic carbocycles. The average Bonchev–Trinajstić information content (AvgIpc) is 2.28. The van der Waals surface area contributed by atoms with Crippen LogP contribution in [0.15, 0.2) is 36.4 Å². The molecule has 0 spiro atoms. The fraction of sp³-hybridized carbons (Fsp3) is 0.231. The molecule has 0 saturated carbocycles. The van der Waals surface area contributed by atoms with E-state index < -0.39 is 0 Å². The Bertz CT molecular complexity index is 463. The van der Waals surface area contributed by atoms with E-state index in [1.165, 1.54) is 5.56 Å². The van der Waals surface area contributed by atoms with E-state index in [1.807, 2.05) is 18.2 Å². The molecule has 0 saturated heterocycles. The van der Waals surface area contributed by atoms with Gasteiger partial charge < -0.3 is 4.89 Å². The molecule has 0 unspecified atom stereocenters. The highest BCUT2D eigenvalue weighted by atomic mass is 17.1. The zero-order valence-corrected chi connectivity index (χ0v) is 8.73. The second-order valence-electron chi connectivity index (χ2n) is 3.65. The quantitative estimate of drug-likeness (QED) is 0.608. The molecule has 0 aliphatic carbocycles. The van der Waals surface area contributed by atoms with E-state index in [2.05, 4.69) is 23.9 Å². The van der Waals surface area contributed by atoms with Gasteiger partial charge in [0.15, 0.2) is 5.75 Å². The fourth-order valence-corrected chi connectivity index (χ4v) is 1.83. The molecular formula is C13H14O2. The van der Waals surface area contributed by atoms with Gasteiger partial charge in [0.1, 0.15) is 0 Å².